The van der Waals surface area contributed by atoms with E-state index in [4.69, 9.17) is 4.42 Å². The van der Waals surface area contributed by atoms with Crippen molar-refractivity contribution in [2.75, 3.05) is 4.90 Å². The molecule has 2 heterocycles. The second-order valence-electron chi connectivity index (χ2n) is 6.14. The zero-order chi connectivity index (χ0) is 20.5. The van der Waals surface area contributed by atoms with Gasteiger partial charge in [0.2, 0.25) is 0 Å². The quantitative estimate of drug-likeness (QED) is 0.387. The van der Waals surface area contributed by atoms with Crippen molar-refractivity contribution in [2.45, 2.75) is 0 Å². The summed E-state index contributed by atoms with van der Waals surface area (Å²) in [5.41, 5.74) is 1.01. The number of carbonyl (C=O) groups is 3. The number of hydrogen-bond acceptors (Lipinski definition) is 4. The fourth-order valence-corrected chi connectivity index (χ4v) is 3.35. The molecule has 0 aliphatic carbocycles. The smallest absolute Gasteiger partial charge is 0.335 e. The van der Waals surface area contributed by atoms with Gasteiger partial charge in [-0.3, -0.25) is 14.9 Å². The summed E-state index contributed by atoms with van der Waals surface area (Å²) >= 11 is 6.69. The first-order valence-corrected chi connectivity index (χ1v) is 10.0. The third-order valence-corrected chi connectivity index (χ3v) is 5.29. The average Bonchev–Trinajstić information content (AvgIpc) is 3.16. The SMILES string of the molecule is O=C1NC(=O)N(c2ccc(Br)cc2)C(=O)/C1=C\c1ccc(-c2ccc(Br)cc2)o1. The predicted molar refractivity (Wildman–Crippen MR) is 115 cm³/mol. The van der Waals surface area contributed by atoms with Gasteiger partial charge < -0.3 is 4.42 Å². The molecule has 1 aliphatic rings. The summed E-state index contributed by atoms with van der Waals surface area (Å²) in [4.78, 5) is 38.3. The van der Waals surface area contributed by atoms with Crippen LogP contribution in [0.25, 0.3) is 17.4 Å². The van der Waals surface area contributed by atoms with Gasteiger partial charge in [0.25, 0.3) is 11.8 Å². The second kappa shape index (κ2) is 7.81. The lowest BCUT2D eigenvalue weighted by molar-refractivity contribution is -0.122. The minimum Gasteiger partial charge on any atom is -0.457 e. The van der Waals surface area contributed by atoms with Gasteiger partial charge in [0.1, 0.15) is 17.1 Å². The highest BCUT2D eigenvalue weighted by atomic mass is 79.9. The van der Waals surface area contributed by atoms with Crippen LogP contribution in [0.4, 0.5) is 10.5 Å². The molecule has 4 rings (SSSR count). The van der Waals surface area contributed by atoms with Gasteiger partial charge in [-0.1, -0.05) is 44.0 Å². The van der Waals surface area contributed by atoms with Crippen molar-refractivity contribution in [3.05, 3.63) is 80.9 Å². The lowest BCUT2D eigenvalue weighted by atomic mass is 10.1. The first-order chi connectivity index (χ1) is 13.9. The Balaban J connectivity index is 1.66. The lowest BCUT2D eigenvalue weighted by Crippen LogP contribution is -2.54. The maximum Gasteiger partial charge on any atom is 0.335 e. The lowest BCUT2D eigenvalue weighted by Gasteiger charge is -2.26. The Kier molecular flexibility index (Phi) is 5.21. The molecule has 4 amide bonds. The van der Waals surface area contributed by atoms with Crippen LogP contribution in [0, 0.1) is 0 Å². The van der Waals surface area contributed by atoms with Gasteiger partial charge in [0.05, 0.1) is 5.69 Å². The molecule has 1 N–H and O–H groups in total. The van der Waals surface area contributed by atoms with Crippen molar-refractivity contribution in [1.29, 1.82) is 0 Å². The summed E-state index contributed by atoms with van der Waals surface area (Å²) < 4.78 is 7.50. The number of anilines is 1. The van der Waals surface area contributed by atoms with E-state index < -0.39 is 17.8 Å². The van der Waals surface area contributed by atoms with Gasteiger partial charge in [-0.2, -0.15) is 0 Å². The molecule has 1 fully saturated rings. The number of urea groups is 1. The van der Waals surface area contributed by atoms with Gasteiger partial charge in [0.15, 0.2) is 0 Å². The number of nitrogens with one attached hydrogen (secondary N) is 1. The molecular formula is C21H12Br2N2O4. The largest absolute Gasteiger partial charge is 0.457 e. The van der Waals surface area contributed by atoms with Crippen LogP contribution in [0.5, 0.6) is 0 Å². The van der Waals surface area contributed by atoms with Crippen molar-refractivity contribution in [3.63, 3.8) is 0 Å². The van der Waals surface area contributed by atoms with Crippen LogP contribution in [0.2, 0.25) is 0 Å². The number of amides is 4. The van der Waals surface area contributed by atoms with E-state index >= 15 is 0 Å². The molecule has 2 aromatic carbocycles. The zero-order valence-corrected chi connectivity index (χ0v) is 17.9. The van der Waals surface area contributed by atoms with Crippen molar-refractivity contribution < 1.29 is 18.8 Å². The number of carbonyl (C=O) groups excluding carboxylic acids is 3. The maximum absolute atomic E-state index is 12.9. The highest BCUT2D eigenvalue weighted by Gasteiger charge is 2.37. The van der Waals surface area contributed by atoms with E-state index in [1.54, 1.807) is 36.4 Å². The van der Waals surface area contributed by atoms with Crippen molar-refractivity contribution in [3.8, 4) is 11.3 Å². The normalized spacial score (nSPS) is 15.7. The Morgan fingerprint density at radius 1 is 0.828 bits per heavy atom. The molecule has 1 saturated heterocycles. The monoisotopic (exact) mass is 514 g/mol. The predicted octanol–water partition coefficient (Wildman–Crippen LogP) is 5.14. The first-order valence-electron chi connectivity index (χ1n) is 8.45. The van der Waals surface area contributed by atoms with E-state index in [2.05, 4.69) is 37.2 Å². The van der Waals surface area contributed by atoms with E-state index in [-0.39, 0.29) is 5.57 Å². The van der Waals surface area contributed by atoms with Crippen LogP contribution >= 0.6 is 31.9 Å². The minimum absolute atomic E-state index is 0.191. The maximum atomic E-state index is 12.9. The van der Waals surface area contributed by atoms with E-state index in [0.717, 1.165) is 19.4 Å². The van der Waals surface area contributed by atoms with Crippen LogP contribution in [0.1, 0.15) is 5.76 Å². The zero-order valence-electron chi connectivity index (χ0n) is 14.7. The minimum atomic E-state index is -0.797. The van der Waals surface area contributed by atoms with E-state index in [1.165, 1.54) is 6.08 Å². The number of hydrogen-bond donors (Lipinski definition) is 1. The summed E-state index contributed by atoms with van der Waals surface area (Å²) in [7, 11) is 0. The van der Waals surface area contributed by atoms with Gasteiger partial charge in [-0.05, 0) is 54.6 Å². The number of furan rings is 1. The molecule has 0 bridgehead atoms. The molecule has 1 aliphatic heterocycles. The Labute approximate surface area is 182 Å². The highest BCUT2D eigenvalue weighted by molar-refractivity contribution is 9.10. The Morgan fingerprint density at radius 2 is 1.45 bits per heavy atom. The van der Waals surface area contributed by atoms with Gasteiger partial charge >= 0.3 is 6.03 Å². The topological polar surface area (TPSA) is 79.6 Å². The van der Waals surface area contributed by atoms with Crippen LogP contribution in [0.15, 0.2) is 79.6 Å². The number of halogens is 2. The molecule has 0 spiro atoms. The van der Waals surface area contributed by atoms with Crippen molar-refractivity contribution >= 4 is 61.5 Å². The Bertz CT molecular complexity index is 1150. The van der Waals surface area contributed by atoms with Crippen LogP contribution in [-0.2, 0) is 9.59 Å². The molecule has 0 atom stereocenters. The first kappa shape index (κ1) is 19.4. The number of imide groups is 2. The standard InChI is InChI=1S/C21H12Br2N2O4/c22-13-3-1-12(2-4-13)18-10-9-16(29-18)11-17-19(26)24-21(28)25(20(17)27)15-7-5-14(23)6-8-15/h1-11H,(H,24,26,28)/b17-11-. The van der Waals surface area contributed by atoms with Crippen molar-refractivity contribution in [2.24, 2.45) is 0 Å². The molecule has 0 saturated carbocycles. The molecule has 0 unspecified atom stereocenters. The summed E-state index contributed by atoms with van der Waals surface area (Å²) in [5, 5.41) is 2.19. The number of nitrogens with zero attached hydrogens (tertiary/aromatic N) is 1. The van der Waals surface area contributed by atoms with E-state index in [1.807, 2.05) is 24.3 Å². The number of rotatable bonds is 3. The third kappa shape index (κ3) is 3.94. The highest BCUT2D eigenvalue weighted by Crippen LogP contribution is 2.27. The molecule has 1 aromatic heterocycles. The molecule has 6 nitrogen and oxygen atoms in total. The summed E-state index contributed by atoms with van der Waals surface area (Å²) in [6.45, 7) is 0. The van der Waals surface area contributed by atoms with E-state index in [0.29, 0.717) is 17.2 Å². The molecule has 8 heteroatoms. The second-order valence-corrected chi connectivity index (χ2v) is 7.97. The fraction of sp³-hybridized carbons (Fsp3) is 0. The molecule has 29 heavy (non-hydrogen) atoms. The van der Waals surface area contributed by atoms with Crippen molar-refractivity contribution in [1.82, 2.24) is 5.32 Å². The number of barbiturate groups is 1. The molecular weight excluding hydrogens is 504 g/mol. The van der Waals surface area contributed by atoms with Gasteiger partial charge in [-0.25, -0.2) is 9.69 Å². The third-order valence-electron chi connectivity index (χ3n) is 4.23. The van der Waals surface area contributed by atoms with E-state index in [9.17, 15) is 14.4 Å². The summed E-state index contributed by atoms with van der Waals surface area (Å²) in [5.74, 6) is -0.571. The Morgan fingerprint density at radius 3 is 2.10 bits per heavy atom. The summed E-state index contributed by atoms with van der Waals surface area (Å²) in [6, 6.07) is 16.8. The van der Waals surface area contributed by atoms with Crippen LogP contribution in [0.3, 0.4) is 0 Å². The van der Waals surface area contributed by atoms with Gasteiger partial charge in [-0.15, -0.1) is 0 Å². The van der Waals surface area contributed by atoms with Crippen LogP contribution < -0.4 is 10.2 Å². The molecule has 144 valence electrons. The number of benzene rings is 2. The van der Waals surface area contributed by atoms with Gasteiger partial charge in [0, 0.05) is 14.5 Å². The van der Waals surface area contributed by atoms with Crippen LogP contribution in [-0.4, -0.2) is 17.8 Å². The Hall–Kier alpha value is -2.97. The summed E-state index contributed by atoms with van der Waals surface area (Å²) in [6.07, 6.45) is 1.33. The average molecular weight is 516 g/mol. The fourth-order valence-electron chi connectivity index (χ4n) is 2.82. The molecule has 3 aromatic rings. The molecule has 0 radical (unpaired) electrons.